The minimum absolute atomic E-state index is 0.537. The summed E-state index contributed by atoms with van der Waals surface area (Å²) in [6.45, 7) is 0. The Balaban J connectivity index is 2.22. The third-order valence-electron chi connectivity index (χ3n) is 1.60. The Kier molecular flexibility index (Phi) is 3.18. The van der Waals surface area contributed by atoms with E-state index in [2.05, 4.69) is 25.9 Å². The molecular formula is C10H6BrClN2O. The van der Waals surface area contributed by atoms with Gasteiger partial charge in [-0.05, 0) is 22.0 Å². The van der Waals surface area contributed by atoms with Gasteiger partial charge in [-0.1, -0.05) is 11.6 Å². The van der Waals surface area contributed by atoms with Crippen molar-refractivity contribution in [3.63, 3.8) is 0 Å². The number of hydrogen-bond donors (Lipinski definition) is 0. The van der Waals surface area contributed by atoms with E-state index in [0.717, 1.165) is 4.47 Å². The second kappa shape index (κ2) is 4.59. The van der Waals surface area contributed by atoms with Crippen LogP contribution in [0.2, 0.25) is 5.02 Å². The van der Waals surface area contributed by atoms with Crippen molar-refractivity contribution in [2.24, 2.45) is 0 Å². The van der Waals surface area contributed by atoms with E-state index in [9.17, 15) is 0 Å². The summed E-state index contributed by atoms with van der Waals surface area (Å²) < 4.78 is 6.36. The fourth-order valence-corrected chi connectivity index (χ4v) is 1.54. The lowest BCUT2D eigenvalue weighted by molar-refractivity contribution is 0.477. The molecule has 76 valence electrons. The van der Waals surface area contributed by atoms with E-state index in [0.29, 0.717) is 16.5 Å². The number of pyridine rings is 2. The van der Waals surface area contributed by atoms with E-state index in [4.69, 9.17) is 16.3 Å². The third kappa shape index (κ3) is 2.91. The highest BCUT2D eigenvalue weighted by atomic mass is 79.9. The SMILES string of the molecule is Clc1cncc(Oc2cncc(Br)c2)c1. The first kappa shape index (κ1) is 10.4. The second-order valence-electron chi connectivity index (χ2n) is 2.78. The summed E-state index contributed by atoms with van der Waals surface area (Å²) in [5.41, 5.74) is 0. The van der Waals surface area contributed by atoms with Gasteiger partial charge in [0.25, 0.3) is 0 Å². The molecule has 2 heterocycles. The molecule has 0 spiro atoms. The van der Waals surface area contributed by atoms with E-state index in [1.165, 1.54) is 0 Å². The number of rotatable bonds is 2. The molecular weight excluding hydrogens is 279 g/mol. The van der Waals surface area contributed by atoms with Crippen LogP contribution in [0.5, 0.6) is 11.5 Å². The van der Waals surface area contributed by atoms with Gasteiger partial charge in [0.1, 0.15) is 11.5 Å². The van der Waals surface area contributed by atoms with Crippen molar-refractivity contribution in [1.29, 1.82) is 0 Å². The Morgan fingerprint density at radius 1 is 1.00 bits per heavy atom. The predicted molar refractivity (Wildman–Crippen MR) is 61.3 cm³/mol. The zero-order chi connectivity index (χ0) is 10.7. The molecule has 0 N–H and O–H groups in total. The zero-order valence-corrected chi connectivity index (χ0v) is 9.86. The lowest BCUT2D eigenvalue weighted by Crippen LogP contribution is -1.86. The first-order chi connectivity index (χ1) is 7.24. The van der Waals surface area contributed by atoms with Crippen LogP contribution in [-0.2, 0) is 0 Å². The molecule has 0 bridgehead atoms. The quantitative estimate of drug-likeness (QED) is 0.844. The van der Waals surface area contributed by atoms with Gasteiger partial charge in [-0.15, -0.1) is 0 Å². The normalized spacial score (nSPS) is 10.0. The van der Waals surface area contributed by atoms with Crippen molar-refractivity contribution in [1.82, 2.24) is 9.97 Å². The molecule has 2 aromatic heterocycles. The van der Waals surface area contributed by atoms with Crippen molar-refractivity contribution in [3.8, 4) is 11.5 Å². The van der Waals surface area contributed by atoms with Crippen LogP contribution in [0, 0.1) is 0 Å². The summed E-state index contributed by atoms with van der Waals surface area (Å²) in [5.74, 6) is 1.22. The molecule has 0 saturated heterocycles. The molecule has 0 unspecified atom stereocenters. The smallest absolute Gasteiger partial charge is 0.147 e. The molecule has 0 atom stereocenters. The zero-order valence-electron chi connectivity index (χ0n) is 7.52. The predicted octanol–water partition coefficient (Wildman–Crippen LogP) is 3.68. The summed E-state index contributed by atoms with van der Waals surface area (Å²) >= 11 is 9.08. The lowest BCUT2D eigenvalue weighted by Gasteiger charge is -2.04. The Labute approximate surface area is 100 Å². The Morgan fingerprint density at radius 2 is 1.67 bits per heavy atom. The van der Waals surface area contributed by atoms with Gasteiger partial charge in [-0.3, -0.25) is 9.97 Å². The van der Waals surface area contributed by atoms with E-state index < -0.39 is 0 Å². The molecule has 0 radical (unpaired) electrons. The van der Waals surface area contributed by atoms with Gasteiger partial charge in [0.05, 0.1) is 17.4 Å². The van der Waals surface area contributed by atoms with Gasteiger partial charge in [0, 0.05) is 22.9 Å². The average molecular weight is 286 g/mol. The number of ether oxygens (including phenoxy) is 1. The van der Waals surface area contributed by atoms with Crippen LogP contribution in [0.15, 0.2) is 41.4 Å². The maximum Gasteiger partial charge on any atom is 0.147 e. The summed E-state index contributed by atoms with van der Waals surface area (Å²) in [6, 6.07) is 3.50. The molecule has 0 aliphatic rings. The molecule has 2 rings (SSSR count). The standard InChI is InChI=1S/C10H6BrClN2O/c11-7-1-9(5-13-3-7)15-10-2-8(12)4-14-6-10/h1-6H. The van der Waals surface area contributed by atoms with Gasteiger partial charge in [-0.25, -0.2) is 0 Å². The monoisotopic (exact) mass is 284 g/mol. The van der Waals surface area contributed by atoms with Crippen molar-refractivity contribution >= 4 is 27.5 Å². The van der Waals surface area contributed by atoms with Gasteiger partial charge < -0.3 is 4.74 Å². The maximum absolute atomic E-state index is 5.77. The first-order valence-electron chi connectivity index (χ1n) is 4.13. The second-order valence-corrected chi connectivity index (χ2v) is 4.13. The van der Waals surface area contributed by atoms with Crippen LogP contribution in [0.25, 0.3) is 0 Å². The molecule has 2 aromatic rings. The van der Waals surface area contributed by atoms with Crippen LogP contribution < -0.4 is 4.74 Å². The molecule has 0 aliphatic heterocycles. The highest BCUT2D eigenvalue weighted by molar-refractivity contribution is 9.10. The molecule has 0 fully saturated rings. The van der Waals surface area contributed by atoms with E-state index in [1.807, 2.05) is 6.07 Å². The number of hydrogen-bond acceptors (Lipinski definition) is 3. The molecule has 0 saturated carbocycles. The highest BCUT2D eigenvalue weighted by Crippen LogP contribution is 2.24. The third-order valence-corrected chi connectivity index (χ3v) is 2.24. The van der Waals surface area contributed by atoms with Gasteiger partial charge >= 0.3 is 0 Å². The minimum Gasteiger partial charge on any atom is -0.454 e. The molecule has 5 heteroatoms. The fourth-order valence-electron chi connectivity index (χ4n) is 1.03. The molecule has 15 heavy (non-hydrogen) atoms. The molecule has 3 nitrogen and oxygen atoms in total. The van der Waals surface area contributed by atoms with Crippen LogP contribution in [0.1, 0.15) is 0 Å². The van der Waals surface area contributed by atoms with E-state index in [1.54, 1.807) is 30.9 Å². The van der Waals surface area contributed by atoms with Crippen LogP contribution in [-0.4, -0.2) is 9.97 Å². The molecule has 0 aromatic carbocycles. The summed E-state index contributed by atoms with van der Waals surface area (Å²) in [7, 11) is 0. The largest absolute Gasteiger partial charge is 0.454 e. The number of nitrogens with zero attached hydrogens (tertiary/aromatic N) is 2. The maximum atomic E-state index is 5.77. The minimum atomic E-state index is 0.537. The number of aromatic nitrogens is 2. The van der Waals surface area contributed by atoms with Gasteiger partial charge in [0.2, 0.25) is 0 Å². The van der Waals surface area contributed by atoms with Crippen molar-refractivity contribution in [2.45, 2.75) is 0 Å². The van der Waals surface area contributed by atoms with Crippen LogP contribution in [0.3, 0.4) is 0 Å². The lowest BCUT2D eigenvalue weighted by atomic mass is 10.4. The molecule has 0 amide bonds. The van der Waals surface area contributed by atoms with Crippen molar-refractivity contribution < 1.29 is 4.74 Å². The van der Waals surface area contributed by atoms with Crippen molar-refractivity contribution in [3.05, 3.63) is 46.4 Å². The first-order valence-corrected chi connectivity index (χ1v) is 5.30. The summed E-state index contributed by atoms with van der Waals surface area (Å²) in [5, 5.41) is 0.537. The summed E-state index contributed by atoms with van der Waals surface area (Å²) in [6.07, 6.45) is 6.44. The Hall–Kier alpha value is -1.13. The Bertz CT molecular complexity index is 435. The molecule has 0 aliphatic carbocycles. The van der Waals surface area contributed by atoms with Crippen LogP contribution >= 0.6 is 27.5 Å². The van der Waals surface area contributed by atoms with E-state index >= 15 is 0 Å². The van der Waals surface area contributed by atoms with E-state index in [-0.39, 0.29) is 0 Å². The topological polar surface area (TPSA) is 35.0 Å². The Morgan fingerprint density at radius 3 is 2.33 bits per heavy atom. The highest BCUT2D eigenvalue weighted by Gasteiger charge is 1.99. The fraction of sp³-hybridized carbons (Fsp3) is 0. The number of halogens is 2. The average Bonchev–Trinajstić information content (AvgIpc) is 2.17. The van der Waals surface area contributed by atoms with Gasteiger partial charge in [-0.2, -0.15) is 0 Å². The van der Waals surface area contributed by atoms with Gasteiger partial charge in [0.15, 0.2) is 0 Å². The van der Waals surface area contributed by atoms with Crippen LogP contribution in [0.4, 0.5) is 0 Å². The van der Waals surface area contributed by atoms with Crippen molar-refractivity contribution in [2.75, 3.05) is 0 Å². The summed E-state index contributed by atoms with van der Waals surface area (Å²) in [4.78, 5) is 7.89.